The van der Waals surface area contributed by atoms with E-state index in [9.17, 15) is 26.3 Å². The molecular weight excluding hydrogens is 162 g/mol. The molecule has 0 saturated heterocycles. The van der Waals surface area contributed by atoms with E-state index in [1.54, 1.807) is 0 Å². The molecule has 1 aliphatic rings. The Morgan fingerprint density at radius 2 is 1.30 bits per heavy atom. The van der Waals surface area contributed by atoms with Crippen molar-refractivity contribution in [2.24, 2.45) is 0 Å². The lowest BCUT2D eigenvalue weighted by Crippen LogP contribution is -2.32. The minimum absolute atomic E-state index is 0.399. The van der Waals surface area contributed by atoms with Gasteiger partial charge in [0.1, 0.15) is 6.42 Å². The average Bonchev–Trinajstić information content (AvgIpc) is 2.05. The summed E-state index contributed by atoms with van der Waals surface area (Å²) < 4.78 is 68.3. The standard InChI is InChI=1S/C4F6/c5-2(4(8,9)10)1-3(2,6)7. The molecule has 0 aromatic rings. The zero-order chi connectivity index (χ0) is 8.21. The maximum atomic E-state index is 11.8. The van der Waals surface area contributed by atoms with Gasteiger partial charge in [0, 0.05) is 0 Å². The molecule has 1 saturated carbocycles. The molecule has 1 unspecified atom stereocenters. The van der Waals surface area contributed by atoms with Gasteiger partial charge in [-0.3, -0.25) is 0 Å². The molecule has 0 amide bonds. The molecule has 2 radical (unpaired) electrons. The molecule has 6 heteroatoms. The van der Waals surface area contributed by atoms with Crippen molar-refractivity contribution in [2.45, 2.75) is 17.8 Å². The highest BCUT2D eigenvalue weighted by molar-refractivity contribution is 5.32. The summed E-state index contributed by atoms with van der Waals surface area (Å²) in [7, 11) is 0. The van der Waals surface area contributed by atoms with Gasteiger partial charge in [0.25, 0.3) is 5.67 Å². The zero-order valence-electron chi connectivity index (χ0n) is 4.27. The van der Waals surface area contributed by atoms with Crippen molar-refractivity contribution in [1.29, 1.82) is 0 Å². The van der Waals surface area contributed by atoms with E-state index in [4.69, 9.17) is 0 Å². The van der Waals surface area contributed by atoms with Gasteiger partial charge in [-0.2, -0.15) is 13.2 Å². The topological polar surface area (TPSA) is 0 Å². The van der Waals surface area contributed by atoms with Gasteiger partial charge in [0.05, 0.1) is 0 Å². The molecule has 0 spiro atoms. The van der Waals surface area contributed by atoms with Crippen LogP contribution in [0.4, 0.5) is 26.3 Å². The molecule has 1 atom stereocenters. The predicted octanol–water partition coefficient (Wildman–Crippen LogP) is 1.99. The number of halogens is 6. The Bertz CT molecular complexity index is 158. The smallest absolute Gasteiger partial charge is 0.226 e. The Kier molecular flexibility index (Phi) is 1.10. The number of alkyl halides is 6. The van der Waals surface area contributed by atoms with Crippen molar-refractivity contribution >= 4 is 0 Å². The Morgan fingerprint density at radius 1 is 1.00 bits per heavy atom. The highest BCUT2D eigenvalue weighted by Gasteiger charge is 2.87. The van der Waals surface area contributed by atoms with Crippen LogP contribution in [0.15, 0.2) is 0 Å². The normalized spacial score (nSPS) is 37.8. The molecule has 1 aliphatic carbocycles. The average molecular weight is 162 g/mol. The number of rotatable bonds is 0. The fourth-order valence-corrected chi connectivity index (χ4v) is 0.434. The van der Waals surface area contributed by atoms with E-state index in [2.05, 4.69) is 0 Å². The molecule has 0 N–H and O–H groups in total. The summed E-state index contributed by atoms with van der Waals surface area (Å²) in [5.74, 6) is -4.45. The van der Waals surface area contributed by atoms with Crippen LogP contribution in [0.3, 0.4) is 0 Å². The lowest BCUT2D eigenvalue weighted by Gasteiger charge is -2.09. The van der Waals surface area contributed by atoms with Crippen molar-refractivity contribution < 1.29 is 26.3 Å². The number of hydrogen-bond acceptors (Lipinski definition) is 0. The van der Waals surface area contributed by atoms with E-state index in [0.29, 0.717) is 6.42 Å². The maximum Gasteiger partial charge on any atom is 0.429 e. The fraction of sp³-hybridized carbons (Fsp3) is 0.750. The quantitative estimate of drug-likeness (QED) is 0.478. The van der Waals surface area contributed by atoms with Gasteiger partial charge in [-0.15, -0.1) is 0 Å². The van der Waals surface area contributed by atoms with Crippen molar-refractivity contribution in [2.75, 3.05) is 0 Å². The first-order valence-corrected chi connectivity index (χ1v) is 2.13. The van der Waals surface area contributed by atoms with E-state index >= 15 is 0 Å². The largest absolute Gasteiger partial charge is 0.429 e. The second-order valence-corrected chi connectivity index (χ2v) is 1.86. The SMILES string of the molecule is FC(F)(F)C1(F)[C]C1(F)F. The van der Waals surface area contributed by atoms with Gasteiger partial charge < -0.3 is 0 Å². The predicted molar refractivity (Wildman–Crippen MR) is 18.1 cm³/mol. The van der Waals surface area contributed by atoms with E-state index in [1.807, 2.05) is 0 Å². The summed E-state index contributed by atoms with van der Waals surface area (Å²) in [6.07, 6.45) is -5.15. The molecular formula is C4F6. The van der Waals surface area contributed by atoms with Crippen LogP contribution in [0.5, 0.6) is 0 Å². The van der Waals surface area contributed by atoms with Crippen LogP contribution in [0.25, 0.3) is 0 Å². The highest BCUT2D eigenvalue weighted by atomic mass is 19.4. The van der Waals surface area contributed by atoms with Crippen molar-refractivity contribution in [1.82, 2.24) is 0 Å². The monoisotopic (exact) mass is 162 g/mol. The molecule has 0 heterocycles. The van der Waals surface area contributed by atoms with Gasteiger partial charge in [0.15, 0.2) is 0 Å². The Balaban J connectivity index is 2.78. The molecule has 0 aromatic carbocycles. The molecule has 0 bridgehead atoms. The zero-order valence-corrected chi connectivity index (χ0v) is 4.27. The Labute approximate surface area is 51.8 Å². The minimum atomic E-state index is -5.55. The van der Waals surface area contributed by atoms with Crippen LogP contribution in [0.1, 0.15) is 0 Å². The number of hydrogen-bond donors (Lipinski definition) is 0. The van der Waals surface area contributed by atoms with Crippen LogP contribution < -0.4 is 0 Å². The van der Waals surface area contributed by atoms with Crippen LogP contribution >= 0.6 is 0 Å². The molecule has 0 nitrogen and oxygen atoms in total. The van der Waals surface area contributed by atoms with Gasteiger partial charge in [0.2, 0.25) is 0 Å². The van der Waals surface area contributed by atoms with Crippen molar-refractivity contribution in [3.8, 4) is 0 Å². The molecule has 58 valence electrons. The summed E-state index contributed by atoms with van der Waals surface area (Å²) in [6, 6.07) is 0. The first kappa shape index (κ1) is 7.68. The third-order valence-corrected chi connectivity index (χ3v) is 1.09. The van der Waals surface area contributed by atoms with Gasteiger partial charge >= 0.3 is 12.1 Å². The van der Waals surface area contributed by atoms with Crippen molar-refractivity contribution in [3.05, 3.63) is 6.42 Å². The van der Waals surface area contributed by atoms with Crippen LogP contribution in [-0.2, 0) is 0 Å². The van der Waals surface area contributed by atoms with E-state index in [0.717, 1.165) is 0 Å². The lowest BCUT2D eigenvalue weighted by molar-refractivity contribution is -0.215. The third kappa shape index (κ3) is 0.705. The van der Waals surface area contributed by atoms with E-state index in [-0.39, 0.29) is 0 Å². The van der Waals surface area contributed by atoms with Crippen LogP contribution in [0, 0.1) is 6.42 Å². The van der Waals surface area contributed by atoms with Gasteiger partial charge in [-0.25, -0.2) is 13.2 Å². The minimum Gasteiger partial charge on any atom is -0.226 e. The third-order valence-electron chi connectivity index (χ3n) is 1.09. The molecule has 10 heavy (non-hydrogen) atoms. The maximum absolute atomic E-state index is 11.8. The van der Waals surface area contributed by atoms with Gasteiger partial charge in [-0.1, -0.05) is 0 Å². The molecule has 0 aromatic heterocycles. The summed E-state index contributed by atoms with van der Waals surface area (Å²) in [5.41, 5.74) is -4.50. The first-order valence-electron chi connectivity index (χ1n) is 2.13. The van der Waals surface area contributed by atoms with E-state index in [1.165, 1.54) is 0 Å². The van der Waals surface area contributed by atoms with Crippen molar-refractivity contribution in [3.63, 3.8) is 0 Å². The Morgan fingerprint density at radius 3 is 1.30 bits per heavy atom. The summed E-state index contributed by atoms with van der Waals surface area (Å²) in [6.45, 7) is 0. The fourth-order valence-electron chi connectivity index (χ4n) is 0.434. The second kappa shape index (κ2) is 1.43. The summed E-state index contributed by atoms with van der Waals surface area (Å²) in [5, 5.41) is 0. The summed E-state index contributed by atoms with van der Waals surface area (Å²) >= 11 is 0. The van der Waals surface area contributed by atoms with Gasteiger partial charge in [-0.05, 0) is 0 Å². The first-order chi connectivity index (χ1) is 4.21. The second-order valence-electron chi connectivity index (χ2n) is 1.86. The van der Waals surface area contributed by atoms with Crippen LogP contribution in [0.2, 0.25) is 0 Å². The van der Waals surface area contributed by atoms with E-state index < -0.39 is 17.8 Å². The molecule has 1 rings (SSSR count). The molecule has 0 aliphatic heterocycles. The summed E-state index contributed by atoms with van der Waals surface area (Å²) in [4.78, 5) is 0. The lowest BCUT2D eigenvalue weighted by atomic mass is 10.3. The van der Waals surface area contributed by atoms with Crippen LogP contribution in [-0.4, -0.2) is 17.8 Å². The molecule has 1 fully saturated rings. The Hall–Kier alpha value is -0.420. The highest BCUT2D eigenvalue weighted by Crippen LogP contribution is 2.62.